The van der Waals surface area contributed by atoms with Crippen molar-refractivity contribution >= 4 is 27.2 Å². The number of rotatable bonds is 3. The SMILES string of the molecule is O=C([O][Al]([F])[F])C(F)C(=O)C(F)(F)F. The molecule has 0 heterocycles. The average molecular weight is 238 g/mol. The molecule has 0 rings (SSSR count). The molecule has 0 fully saturated rings. The minimum absolute atomic E-state index is 2.51. The Bertz CT molecular complexity index is 238. The van der Waals surface area contributed by atoms with Crippen molar-refractivity contribution in [2.24, 2.45) is 0 Å². The van der Waals surface area contributed by atoms with Crippen LogP contribution in [-0.4, -0.2) is 39.5 Å². The van der Waals surface area contributed by atoms with Crippen LogP contribution in [-0.2, 0) is 13.4 Å². The largest absolute Gasteiger partial charge is 1.09 e. The predicted octanol–water partition coefficient (Wildman–Crippen LogP) is 0.923. The summed E-state index contributed by atoms with van der Waals surface area (Å²) in [4.78, 5) is 20.0. The van der Waals surface area contributed by atoms with E-state index in [2.05, 4.69) is 3.79 Å². The van der Waals surface area contributed by atoms with Crippen molar-refractivity contribution in [1.82, 2.24) is 0 Å². The number of ketones is 1. The molecule has 0 aliphatic carbocycles. The van der Waals surface area contributed by atoms with Crippen molar-refractivity contribution in [2.75, 3.05) is 0 Å². The molecule has 3 nitrogen and oxygen atoms in total. The maximum absolute atomic E-state index is 12.2. The van der Waals surface area contributed by atoms with Crippen LogP contribution in [0.3, 0.4) is 0 Å². The Hall–Kier alpha value is -0.748. The first-order valence-electron chi connectivity index (χ1n) is 2.90. The van der Waals surface area contributed by atoms with E-state index in [0.717, 1.165) is 0 Å². The lowest BCUT2D eigenvalue weighted by molar-refractivity contribution is -0.180. The minimum atomic E-state index is -5.60. The highest BCUT2D eigenvalue weighted by atomic mass is 27.3. The van der Waals surface area contributed by atoms with Gasteiger partial charge in [-0.3, -0.25) is 9.59 Å². The number of hydrogen-bond donors (Lipinski definition) is 0. The van der Waals surface area contributed by atoms with Crippen LogP contribution < -0.4 is 0 Å². The second-order valence-electron chi connectivity index (χ2n) is 1.92. The molecule has 0 aromatic carbocycles. The van der Waals surface area contributed by atoms with Gasteiger partial charge in [0, 0.05) is 0 Å². The Morgan fingerprint density at radius 2 is 1.64 bits per heavy atom. The van der Waals surface area contributed by atoms with E-state index in [9.17, 15) is 34.2 Å². The van der Waals surface area contributed by atoms with Gasteiger partial charge in [0.15, 0.2) is 0 Å². The summed E-state index contributed by atoms with van der Waals surface area (Å²) in [5, 5.41) is 0. The molecule has 1 unspecified atom stereocenters. The van der Waals surface area contributed by atoms with E-state index in [0.29, 0.717) is 0 Å². The lowest BCUT2D eigenvalue weighted by Crippen LogP contribution is -2.38. The first-order valence-corrected chi connectivity index (χ1v) is 4.24. The van der Waals surface area contributed by atoms with Crippen LogP contribution in [0.5, 0.6) is 0 Å². The maximum Gasteiger partial charge on any atom is 1.09 e. The molecule has 0 aromatic heterocycles. The molecule has 0 bridgehead atoms. The van der Waals surface area contributed by atoms with E-state index in [1.54, 1.807) is 0 Å². The second-order valence-corrected chi connectivity index (χ2v) is 2.68. The van der Waals surface area contributed by atoms with Crippen LogP contribution in [0.4, 0.5) is 24.6 Å². The molecule has 0 aliphatic rings. The van der Waals surface area contributed by atoms with Crippen molar-refractivity contribution < 1.29 is 38.0 Å². The third-order valence-electron chi connectivity index (χ3n) is 0.922. The van der Waals surface area contributed by atoms with Crippen molar-refractivity contribution in [3.05, 3.63) is 0 Å². The van der Waals surface area contributed by atoms with E-state index in [1.165, 1.54) is 0 Å². The van der Waals surface area contributed by atoms with Crippen LogP contribution in [0.2, 0.25) is 0 Å². The first-order chi connectivity index (χ1) is 6.16. The average Bonchev–Trinajstić information content (AvgIpc) is 1.98. The normalized spacial score (nSPS) is 13.3. The monoisotopic (exact) mass is 238 g/mol. The van der Waals surface area contributed by atoms with Gasteiger partial charge in [0.2, 0.25) is 0 Å². The fraction of sp³-hybridized carbons (Fsp3) is 0.500. The summed E-state index contributed by atoms with van der Waals surface area (Å²) < 4.78 is 72.0. The summed E-state index contributed by atoms with van der Waals surface area (Å²) in [5.41, 5.74) is 0. The van der Waals surface area contributed by atoms with E-state index >= 15 is 0 Å². The number of carbonyl (C=O) groups excluding carboxylic acids is 2. The molecule has 1 atom stereocenters. The highest BCUT2D eigenvalue weighted by Gasteiger charge is 2.49. The molecule has 0 spiro atoms. The highest BCUT2D eigenvalue weighted by molar-refractivity contribution is 6.38. The second kappa shape index (κ2) is 4.66. The van der Waals surface area contributed by atoms with Crippen LogP contribution >= 0.6 is 0 Å². The van der Waals surface area contributed by atoms with Crippen molar-refractivity contribution in [2.45, 2.75) is 12.3 Å². The molecule has 80 valence electrons. The first kappa shape index (κ1) is 13.3. The van der Waals surface area contributed by atoms with E-state index in [1.807, 2.05) is 0 Å². The van der Waals surface area contributed by atoms with Crippen molar-refractivity contribution in [3.63, 3.8) is 0 Å². The van der Waals surface area contributed by atoms with Crippen LogP contribution in [0.25, 0.3) is 0 Å². The van der Waals surface area contributed by atoms with Crippen molar-refractivity contribution in [1.29, 1.82) is 0 Å². The van der Waals surface area contributed by atoms with Gasteiger partial charge in [0.1, 0.15) is 0 Å². The fourth-order valence-electron chi connectivity index (χ4n) is 0.398. The van der Waals surface area contributed by atoms with Gasteiger partial charge in [-0.2, -0.15) is 13.2 Å². The van der Waals surface area contributed by atoms with E-state index < -0.39 is 39.5 Å². The third-order valence-corrected chi connectivity index (χ3v) is 1.33. The van der Waals surface area contributed by atoms with Gasteiger partial charge < -0.3 is 10.8 Å². The number of halogens is 6. The van der Waals surface area contributed by atoms with Gasteiger partial charge in [-0.15, -0.1) is 0 Å². The van der Waals surface area contributed by atoms with Gasteiger partial charge in [0.25, 0.3) is 12.0 Å². The molecular formula is C4HAlF6O3. The van der Waals surface area contributed by atoms with Gasteiger partial charge in [-0.05, 0) is 0 Å². The quantitative estimate of drug-likeness (QED) is 0.417. The topological polar surface area (TPSA) is 43.4 Å². The summed E-state index contributed by atoms with van der Waals surface area (Å²) in [5.74, 6) is -5.56. The lowest BCUT2D eigenvalue weighted by atomic mass is 10.2. The van der Waals surface area contributed by atoms with E-state index in [4.69, 9.17) is 0 Å². The Kier molecular flexibility index (Phi) is 4.41. The van der Waals surface area contributed by atoms with Gasteiger partial charge in [-0.25, -0.2) is 4.39 Å². The highest BCUT2D eigenvalue weighted by Crippen LogP contribution is 2.20. The predicted molar refractivity (Wildman–Crippen MR) is 30.0 cm³/mol. The Morgan fingerprint density at radius 3 is 1.93 bits per heavy atom. The molecule has 14 heavy (non-hydrogen) atoms. The Labute approximate surface area is 78.3 Å². The summed E-state index contributed by atoms with van der Waals surface area (Å²) in [6.45, 7) is 0. The van der Waals surface area contributed by atoms with Gasteiger partial charge >= 0.3 is 27.5 Å². The zero-order chi connectivity index (χ0) is 11.5. The zero-order valence-electron chi connectivity index (χ0n) is 6.15. The van der Waals surface area contributed by atoms with Gasteiger partial charge in [0.05, 0.1) is 0 Å². The summed E-state index contributed by atoms with van der Waals surface area (Å²) in [7, 11) is 0. The molecule has 0 radical (unpaired) electrons. The molecule has 0 saturated carbocycles. The molecule has 0 aliphatic heterocycles. The summed E-state index contributed by atoms with van der Waals surface area (Å²) in [6, 6.07) is 0. The number of carbonyl (C=O) groups is 2. The smallest absolute Gasteiger partial charge is 0.564 e. The number of hydrogen-bond acceptors (Lipinski definition) is 3. The molecule has 0 amide bonds. The molecule has 0 aromatic rings. The molecule has 0 N–H and O–H groups in total. The van der Waals surface area contributed by atoms with Crippen LogP contribution in [0.15, 0.2) is 0 Å². The summed E-state index contributed by atoms with van der Waals surface area (Å²) >= 11 is -4.99. The fourth-order valence-corrected chi connectivity index (χ4v) is 0.693. The third kappa shape index (κ3) is 3.97. The van der Waals surface area contributed by atoms with Crippen LogP contribution in [0.1, 0.15) is 0 Å². The molecule has 0 saturated heterocycles. The molecule has 10 heteroatoms. The van der Waals surface area contributed by atoms with Crippen molar-refractivity contribution in [3.8, 4) is 0 Å². The summed E-state index contributed by atoms with van der Waals surface area (Å²) in [6.07, 6.45) is -9.33. The van der Waals surface area contributed by atoms with E-state index in [-0.39, 0.29) is 0 Å². The standard InChI is InChI=1S/C4H2F4O3.Al.2FH/c5-1(3(10)11)2(9)4(6,7)8;;;/h1H,(H,10,11);;2*1H/q;+3;;/p-3. The maximum atomic E-state index is 12.2. The lowest BCUT2D eigenvalue weighted by Gasteiger charge is -2.08. The Morgan fingerprint density at radius 1 is 1.21 bits per heavy atom. The Balaban J connectivity index is 4.41. The zero-order valence-corrected chi connectivity index (χ0v) is 7.30. The van der Waals surface area contributed by atoms with Crippen LogP contribution in [0, 0.1) is 0 Å². The molecular weight excluding hydrogens is 237 g/mol. The number of alkyl halides is 4. The number of Topliss-reactive ketones (excluding diaryl/α,β-unsaturated/α-hetero) is 1. The minimum Gasteiger partial charge on any atom is -0.564 e. The van der Waals surface area contributed by atoms with Gasteiger partial charge in [-0.1, -0.05) is 0 Å².